The van der Waals surface area contributed by atoms with Crippen LogP contribution in [-0.4, -0.2) is 20.4 Å². The van der Waals surface area contributed by atoms with E-state index in [-0.39, 0.29) is 11.3 Å². The molecule has 0 aliphatic heterocycles. The van der Waals surface area contributed by atoms with Crippen LogP contribution in [0.1, 0.15) is 15.9 Å². The number of hydrogen-bond acceptors (Lipinski definition) is 3. The number of rotatable bonds is 4. The van der Waals surface area contributed by atoms with E-state index in [9.17, 15) is 9.00 Å². The molecule has 5 heteroatoms. The fourth-order valence-corrected chi connectivity index (χ4v) is 2.68. The lowest BCUT2D eigenvalue weighted by atomic mass is 10.2. The standard InChI is InChI=1S/C14H12O4S/c15-12-5-1-10(2-6-12)9-19(18)13-7-3-11(4-8-13)14(16)17/h1-8,15H,9H2,(H,16,17). The maximum absolute atomic E-state index is 12.1. The summed E-state index contributed by atoms with van der Waals surface area (Å²) in [5, 5.41) is 17.9. The van der Waals surface area contributed by atoms with Crippen LogP contribution in [0.5, 0.6) is 5.75 Å². The zero-order valence-corrected chi connectivity index (χ0v) is 10.8. The lowest BCUT2D eigenvalue weighted by Gasteiger charge is -2.03. The number of phenols is 1. The highest BCUT2D eigenvalue weighted by Gasteiger charge is 2.07. The molecule has 2 aromatic rings. The van der Waals surface area contributed by atoms with E-state index >= 15 is 0 Å². The first-order chi connectivity index (χ1) is 9.06. The lowest BCUT2D eigenvalue weighted by Crippen LogP contribution is -1.99. The Morgan fingerprint density at radius 1 is 1.00 bits per heavy atom. The molecule has 0 fully saturated rings. The van der Waals surface area contributed by atoms with Crippen molar-refractivity contribution < 1.29 is 19.2 Å². The van der Waals surface area contributed by atoms with Gasteiger partial charge in [-0.05, 0) is 42.0 Å². The Hall–Kier alpha value is -2.14. The van der Waals surface area contributed by atoms with Gasteiger partial charge in [-0.2, -0.15) is 0 Å². The van der Waals surface area contributed by atoms with Gasteiger partial charge in [0, 0.05) is 4.90 Å². The van der Waals surface area contributed by atoms with Gasteiger partial charge < -0.3 is 10.2 Å². The smallest absolute Gasteiger partial charge is 0.335 e. The van der Waals surface area contributed by atoms with Crippen molar-refractivity contribution in [1.29, 1.82) is 0 Å². The van der Waals surface area contributed by atoms with Gasteiger partial charge in [0.2, 0.25) is 0 Å². The molecule has 2 rings (SSSR count). The van der Waals surface area contributed by atoms with Crippen LogP contribution in [0.15, 0.2) is 53.4 Å². The van der Waals surface area contributed by atoms with Gasteiger partial charge in [-0.1, -0.05) is 12.1 Å². The molecule has 0 spiro atoms. The Morgan fingerprint density at radius 2 is 1.58 bits per heavy atom. The van der Waals surface area contributed by atoms with E-state index in [1.807, 2.05) is 0 Å². The summed E-state index contributed by atoms with van der Waals surface area (Å²) in [6.07, 6.45) is 0. The highest BCUT2D eigenvalue weighted by atomic mass is 32.2. The number of hydrogen-bond donors (Lipinski definition) is 2. The molecule has 0 heterocycles. The Labute approximate surface area is 112 Å². The molecular weight excluding hydrogens is 264 g/mol. The van der Waals surface area contributed by atoms with Gasteiger partial charge in [-0.3, -0.25) is 4.21 Å². The van der Waals surface area contributed by atoms with Gasteiger partial charge in [0.1, 0.15) is 5.75 Å². The molecule has 1 atom stereocenters. The number of aromatic carboxylic acids is 1. The van der Waals surface area contributed by atoms with E-state index < -0.39 is 16.8 Å². The second-order valence-corrected chi connectivity index (χ2v) is 5.44. The number of phenolic OH excluding ortho intramolecular Hbond substituents is 1. The fraction of sp³-hybridized carbons (Fsp3) is 0.0714. The third-order valence-corrected chi connectivity index (χ3v) is 3.99. The summed E-state index contributed by atoms with van der Waals surface area (Å²) in [4.78, 5) is 11.3. The fourth-order valence-electron chi connectivity index (χ4n) is 1.58. The van der Waals surface area contributed by atoms with Crippen molar-refractivity contribution in [2.75, 3.05) is 0 Å². The molecule has 19 heavy (non-hydrogen) atoms. The van der Waals surface area contributed by atoms with Gasteiger partial charge in [-0.25, -0.2) is 4.79 Å². The monoisotopic (exact) mass is 276 g/mol. The van der Waals surface area contributed by atoms with Gasteiger partial charge in [0.25, 0.3) is 0 Å². The number of carboxylic acids is 1. The van der Waals surface area contributed by atoms with Crippen LogP contribution in [-0.2, 0) is 16.6 Å². The molecule has 0 aromatic heterocycles. The van der Waals surface area contributed by atoms with E-state index in [1.165, 1.54) is 12.1 Å². The predicted octanol–water partition coefficient (Wildman–Crippen LogP) is 2.40. The van der Waals surface area contributed by atoms with E-state index in [0.29, 0.717) is 10.6 Å². The second-order valence-electron chi connectivity index (χ2n) is 3.99. The largest absolute Gasteiger partial charge is 0.508 e. The van der Waals surface area contributed by atoms with Crippen LogP contribution in [0.2, 0.25) is 0 Å². The predicted molar refractivity (Wildman–Crippen MR) is 71.6 cm³/mol. The molecule has 98 valence electrons. The minimum absolute atomic E-state index is 0.167. The lowest BCUT2D eigenvalue weighted by molar-refractivity contribution is 0.0697. The molecule has 2 N–H and O–H groups in total. The molecule has 0 radical (unpaired) electrons. The topological polar surface area (TPSA) is 74.6 Å². The molecule has 0 amide bonds. The van der Waals surface area contributed by atoms with Gasteiger partial charge in [0.15, 0.2) is 0 Å². The molecular formula is C14H12O4S. The molecule has 4 nitrogen and oxygen atoms in total. The average Bonchev–Trinajstić information content (AvgIpc) is 2.41. The average molecular weight is 276 g/mol. The van der Waals surface area contributed by atoms with Crippen LogP contribution in [0.3, 0.4) is 0 Å². The summed E-state index contributed by atoms with van der Waals surface area (Å²) in [5.41, 5.74) is 1.02. The molecule has 2 aromatic carbocycles. The maximum Gasteiger partial charge on any atom is 0.335 e. The van der Waals surface area contributed by atoms with Crippen LogP contribution >= 0.6 is 0 Å². The number of benzene rings is 2. The summed E-state index contributed by atoms with van der Waals surface area (Å²) in [6, 6.07) is 12.5. The van der Waals surface area contributed by atoms with Crippen molar-refractivity contribution in [3.8, 4) is 5.75 Å². The zero-order valence-electron chi connectivity index (χ0n) is 9.95. The van der Waals surface area contributed by atoms with E-state index in [4.69, 9.17) is 10.2 Å². The van der Waals surface area contributed by atoms with Crippen molar-refractivity contribution >= 4 is 16.8 Å². The molecule has 0 aliphatic rings. The number of carbonyl (C=O) groups is 1. The van der Waals surface area contributed by atoms with Gasteiger partial charge in [-0.15, -0.1) is 0 Å². The molecule has 1 unspecified atom stereocenters. The Kier molecular flexibility index (Phi) is 3.97. The maximum atomic E-state index is 12.1. The van der Waals surface area contributed by atoms with E-state index in [1.54, 1.807) is 36.4 Å². The molecule has 0 bridgehead atoms. The summed E-state index contributed by atoms with van der Waals surface area (Å²) >= 11 is 0. The number of carboxylic acid groups (broad SMARTS) is 1. The van der Waals surface area contributed by atoms with Crippen LogP contribution in [0, 0.1) is 0 Å². The minimum atomic E-state index is -1.24. The molecule has 0 saturated heterocycles. The first-order valence-corrected chi connectivity index (χ1v) is 6.88. The van der Waals surface area contributed by atoms with Gasteiger partial charge in [0.05, 0.1) is 22.1 Å². The van der Waals surface area contributed by atoms with E-state index in [0.717, 1.165) is 5.56 Å². The third-order valence-electron chi connectivity index (χ3n) is 2.60. The van der Waals surface area contributed by atoms with Crippen LogP contribution in [0.4, 0.5) is 0 Å². The summed E-state index contributed by atoms with van der Waals surface area (Å²) in [7, 11) is -1.24. The quantitative estimate of drug-likeness (QED) is 0.899. The summed E-state index contributed by atoms with van der Waals surface area (Å²) in [6.45, 7) is 0. The Morgan fingerprint density at radius 3 is 2.11 bits per heavy atom. The highest BCUT2D eigenvalue weighted by molar-refractivity contribution is 7.84. The Balaban J connectivity index is 2.11. The summed E-state index contributed by atoms with van der Waals surface area (Å²) in [5.74, 6) is -0.511. The Bertz CT molecular complexity index is 602. The highest BCUT2D eigenvalue weighted by Crippen LogP contribution is 2.16. The van der Waals surface area contributed by atoms with Crippen molar-refractivity contribution in [2.45, 2.75) is 10.6 Å². The van der Waals surface area contributed by atoms with Gasteiger partial charge >= 0.3 is 5.97 Å². The SMILES string of the molecule is O=C(O)c1ccc(S(=O)Cc2ccc(O)cc2)cc1. The first kappa shape index (κ1) is 13.3. The van der Waals surface area contributed by atoms with Crippen LogP contribution < -0.4 is 0 Å². The normalized spacial score (nSPS) is 12.0. The van der Waals surface area contributed by atoms with Crippen molar-refractivity contribution in [1.82, 2.24) is 0 Å². The van der Waals surface area contributed by atoms with Crippen molar-refractivity contribution in [3.05, 3.63) is 59.7 Å². The van der Waals surface area contributed by atoms with E-state index in [2.05, 4.69) is 0 Å². The number of aromatic hydroxyl groups is 1. The van der Waals surface area contributed by atoms with Crippen molar-refractivity contribution in [2.24, 2.45) is 0 Å². The second kappa shape index (κ2) is 5.67. The van der Waals surface area contributed by atoms with Crippen molar-refractivity contribution in [3.63, 3.8) is 0 Å². The van der Waals surface area contributed by atoms with Crippen LogP contribution in [0.25, 0.3) is 0 Å². The molecule has 0 aliphatic carbocycles. The minimum Gasteiger partial charge on any atom is -0.508 e. The summed E-state index contributed by atoms with van der Waals surface area (Å²) < 4.78 is 12.1. The molecule has 0 saturated carbocycles. The first-order valence-electron chi connectivity index (χ1n) is 5.56. The zero-order chi connectivity index (χ0) is 13.8. The third kappa shape index (κ3) is 3.42.